The van der Waals surface area contributed by atoms with Gasteiger partial charge in [-0.3, -0.25) is 14.2 Å². The van der Waals surface area contributed by atoms with Crippen molar-refractivity contribution in [2.45, 2.75) is 32.2 Å². The van der Waals surface area contributed by atoms with Crippen molar-refractivity contribution < 1.29 is 9.59 Å². The summed E-state index contributed by atoms with van der Waals surface area (Å²) < 4.78 is 1.34. The number of amides is 2. The lowest BCUT2D eigenvalue weighted by atomic mass is 9.95. The van der Waals surface area contributed by atoms with Crippen molar-refractivity contribution in [3.8, 4) is 6.07 Å². The Kier molecular flexibility index (Phi) is 4.08. The maximum Gasteiger partial charge on any atom is 0.251 e. The lowest BCUT2D eigenvalue weighted by Crippen LogP contribution is -2.21. The summed E-state index contributed by atoms with van der Waals surface area (Å²) in [5, 5.41) is 19.3. The number of carbonyl (C=O) groups is 2. The van der Waals surface area contributed by atoms with E-state index in [0.29, 0.717) is 10.6 Å². The van der Waals surface area contributed by atoms with Crippen LogP contribution in [0.2, 0.25) is 0 Å². The Morgan fingerprint density at radius 1 is 1.43 bits per heavy atom. The van der Waals surface area contributed by atoms with Crippen molar-refractivity contribution in [3.05, 3.63) is 28.2 Å². The van der Waals surface area contributed by atoms with Gasteiger partial charge in [-0.25, -0.2) is 0 Å². The summed E-state index contributed by atoms with van der Waals surface area (Å²) in [6, 6.07) is 1.85. The van der Waals surface area contributed by atoms with Crippen molar-refractivity contribution in [1.82, 2.24) is 14.8 Å². The Morgan fingerprint density at radius 3 is 2.96 bits per heavy atom. The van der Waals surface area contributed by atoms with Crippen LogP contribution in [-0.2, 0) is 24.2 Å². The highest BCUT2D eigenvalue weighted by Gasteiger charge is 2.25. The number of primary amides is 1. The maximum atomic E-state index is 12.2. The molecule has 9 heteroatoms. The highest BCUT2D eigenvalue weighted by atomic mass is 32.1. The number of aryl methyl sites for hydroxylation is 1. The topological polar surface area (TPSA) is 127 Å². The number of nitrogens with two attached hydrogens (primary N) is 1. The molecule has 0 aliphatic heterocycles. The zero-order valence-electron chi connectivity index (χ0n) is 12.2. The number of fused-ring (bicyclic) bond motifs is 1. The molecule has 0 bridgehead atoms. The van der Waals surface area contributed by atoms with Crippen molar-refractivity contribution >= 4 is 28.2 Å². The number of nitrogens with one attached hydrogen (secondary N) is 1. The number of hydrogen-bond donors (Lipinski definition) is 2. The molecule has 118 valence electrons. The molecule has 0 saturated heterocycles. The van der Waals surface area contributed by atoms with E-state index in [1.807, 2.05) is 6.07 Å². The molecule has 1 aliphatic carbocycles. The van der Waals surface area contributed by atoms with Crippen LogP contribution in [0.3, 0.4) is 0 Å². The Balaban J connectivity index is 1.82. The van der Waals surface area contributed by atoms with Gasteiger partial charge in [-0.2, -0.15) is 5.26 Å². The predicted molar refractivity (Wildman–Crippen MR) is 82.8 cm³/mol. The molecule has 0 fully saturated rings. The molecule has 2 amide bonds. The number of aromatic nitrogens is 3. The molecule has 3 N–H and O–H groups in total. The molecule has 0 unspecified atom stereocenters. The van der Waals surface area contributed by atoms with Crippen LogP contribution < -0.4 is 11.1 Å². The van der Waals surface area contributed by atoms with E-state index in [0.717, 1.165) is 36.1 Å². The lowest BCUT2D eigenvalue weighted by Gasteiger charge is -2.11. The highest BCUT2D eigenvalue weighted by molar-refractivity contribution is 7.17. The fourth-order valence-corrected chi connectivity index (χ4v) is 4.00. The van der Waals surface area contributed by atoms with Gasteiger partial charge in [0.15, 0.2) is 0 Å². The third-order valence-electron chi connectivity index (χ3n) is 3.70. The minimum Gasteiger partial charge on any atom is -0.365 e. The first-order valence-corrected chi connectivity index (χ1v) is 7.94. The monoisotopic (exact) mass is 330 g/mol. The van der Waals surface area contributed by atoms with Crippen LogP contribution in [-0.4, -0.2) is 26.6 Å². The maximum absolute atomic E-state index is 12.2. The number of thiophene rings is 1. The molecular formula is C14H14N6O2S. The fourth-order valence-electron chi connectivity index (χ4n) is 2.69. The number of anilines is 1. The smallest absolute Gasteiger partial charge is 0.251 e. The summed E-state index contributed by atoms with van der Waals surface area (Å²) in [6.45, 7) is -0.101. The number of rotatable bonds is 4. The Morgan fingerprint density at radius 2 is 2.22 bits per heavy atom. The summed E-state index contributed by atoms with van der Waals surface area (Å²) in [4.78, 5) is 25.1. The summed E-state index contributed by atoms with van der Waals surface area (Å²) in [5.74, 6) is -0.829. The van der Waals surface area contributed by atoms with Crippen LogP contribution in [0.1, 0.15) is 39.5 Å². The van der Waals surface area contributed by atoms with Crippen LogP contribution in [0.15, 0.2) is 6.33 Å². The van der Waals surface area contributed by atoms with E-state index in [9.17, 15) is 9.59 Å². The van der Waals surface area contributed by atoms with Gasteiger partial charge in [0.2, 0.25) is 11.7 Å². The summed E-state index contributed by atoms with van der Waals surface area (Å²) >= 11 is 1.40. The van der Waals surface area contributed by atoms with E-state index in [1.165, 1.54) is 22.2 Å². The van der Waals surface area contributed by atoms with Gasteiger partial charge in [0.05, 0.1) is 5.56 Å². The quantitative estimate of drug-likeness (QED) is 0.858. The van der Waals surface area contributed by atoms with Crippen molar-refractivity contribution in [2.24, 2.45) is 5.73 Å². The van der Waals surface area contributed by atoms with Crippen LogP contribution in [0.25, 0.3) is 0 Å². The summed E-state index contributed by atoms with van der Waals surface area (Å²) in [7, 11) is 0. The van der Waals surface area contributed by atoms with Crippen molar-refractivity contribution in [1.29, 1.82) is 5.26 Å². The largest absolute Gasteiger partial charge is 0.365 e. The van der Waals surface area contributed by atoms with Crippen LogP contribution in [0.4, 0.5) is 5.00 Å². The van der Waals surface area contributed by atoms with Gasteiger partial charge in [-0.05, 0) is 31.2 Å². The van der Waals surface area contributed by atoms with E-state index >= 15 is 0 Å². The molecule has 0 spiro atoms. The van der Waals surface area contributed by atoms with E-state index in [1.54, 1.807) is 0 Å². The third kappa shape index (κ3) is 2.93. The second-order valence-corrected chi connectivity index (χ2v) is 6.33. The second kappa shape index (κ2) is 6.18. The van der Waals surface area contributed by atoms with Crippen LogP contribution >= 0.6 is 11.3 Å². The number of carbonyl (C=O) groups excluding carboxylic acids is 2. The normalized spacial score (nSPS) is 13.2. The molecule has 3 rings (SSSR count). The van der Waals surface area contributed by atoms with Crippen molar-refractivity contribution in [3.63, 3.8) is 0 Å². The molecule has 23 heavy (non-hydrogen) atoms. The zero-order valence-corrected chi connectivity index (χ0v) is 13.0. The second-order valence-electron chi connectivity index (χ2n) is 5.22. The first kappa shape index (κ1) is 15.2. The number of nitrogens with zero attached hydrogens (tertiary/aromatic N) is 4. The van der Waals surface area contributed by atoms with Crippen molar-refractivity contribution in [2.75, 3.05) is 5.32 Å². The van der Waals surface area contributed by atoms with Gasteiger partial charge in [0.1, 0.15) is 23.9 Å². The molecular weight excluding hydrogens is 316 g/mol. The Bertz CT molecular complexity index is 816. The molecule has 0 atom stereocenters. The van der Waals surface area contributed by atoms with E-state index in [2.05, 4.69) is 15.5 Å². The summed E-state index contributed by atoms with van der Waals surface area (Å²) in [6.07, 6.45) is 5.12. The van der Waals surface area contributed by atoms with E-state index in [4.69, 9.17) is 11.0 Å². The van der Waals surface area contributed by atoms with Gasteiger partial charge in [-0.1, -0.05) is 0 Å². The average Bonchev–Trinajstić information content (AvgIpc) is 3.10. The van der Waals surface area contributed by atoms with Gasteiger partial charge in [0.25, 0.3) is 5.91 Å². The third-order valence-corrected chi connectivity index (χ3v) is 4.91. The fraction of sp³-hybridized carbons (Fsp3) is 0.357. The zero-order chi connectivity index (χ0) is 16.4. The van der Waals surface area contributed by atoms with E-state index < -0.39 is 5.91 Å². The van der Waals surface area contributed by atoms with E-state index in [-0.39, 0.29) is 18.3 Å². The molecule has 2 aromatic heterocycles. The first-order chi connectivity index (χ1) is 11.1. The SMILES string of the molecule is N#Cc1nncn1CC(=O)Nc1sc2c(c1C(N)=O)CCCC2. The average molecular weight is 330 g/mol. The van der Waals surface area contributed by atoms with Crippen LogP contribution in [0, 0.1) is 11.3 Å². The minimum absolute atomic E-state index is 0.0562. The van der Waals surface area contributed by atoms with Crippen LogP contribution in [0.5, 0.6) is 0 Å². The Labute approximate surface area is 135 Å². The number of hydrogen-bond acceptors (Lipinski definition) is 6. The summed E-state index contributed by atoms with van der Waals surface area (Å²) in [5.41, 5.74) is 6.87. The molecule has 0 saturated carbocycles. The number of nitriles is 1. The molecule has 1 aliphatic rings. The van der Waals surface area contributed by atoms with Gasteiger partial charge < -0.3 is 11.1 Å². The minimum atomic E-state index is -0.526. The molecule has 0 aromatic carbocycles. The molecule has 2 heterocycles. The standard InChI is InChI=1S/C14H14N6O2S/c15-5-10-19-17-7-20(10)6-11(21)18-14-12(13(16)22)8-3-1-2-4-9(8)23-14/h7H,1-4,6H2,(H2,16,22)(H,18,21). The highest BCUT2D eigenvalue weighted by Crippen LogP contribution is 2.37. The molecule has 8 nitrogen and oxygen atoms in total. The molecule has 0 radical (unpaired) electrons. The molecule has 2 aromatic rings. The lowest BCUT2D eigenvalue weighted by molar-refractivity contribution is -0.116. The van der Waals surface area contributed by atoms with Gasteiger partial charge in [0, 0.05) is 4.88 Å². The first-order valence-electron chi connectivity index (χ1n) is 7.12. The van der Waals surface area contributed by atoms with Gasteiger partial charge in [-0.15, -0.1) is 21.5 Å². The predicted octanol–water partition coefficient (Wildman–Crippen LogP) is 0.828. The Hall–Kier alpha value is -2.73. The van der Waals surface area contributed by atoms with Gasteiger partial charge >= 0.3 is 0 Å².